The van der Waals surface area contributed by atoms with Gasteiger partial charge in [-0.15, -0.1) is 0 Å². The number of nitrogens with zero attached hydrogens (tertiary/aromatic N) is 1. The molecule has 17 heavy (non-hydrogen) atoms. The van der Waals surface area contributed by atoms with Gasteiger partial charge in [-0.3, -0.25) is 10.1 Å². The molecule has 0 heterocycles. The van der Waals surface area contributed by atoms with Gasteiger partial charge in [-0.25, -0.2) is 0 Å². The first-order valence-electron chi connectivity index (χ1n) is 4.42. The molecular weight excluding hydrogens is 241 g/mol. The normalized spacial score (nSPS) is 13.2. The number of nitro benzene ring substituents is 1. The van der Waals surface area contributed by atoms with Gasteiger partial charge in [0, 0.05) is 17.7 Å². The van der Waals surface area contributed by atoms with Crippen LogP contribution in [-0.4, -0.2) is 18.2 Å². The zero-order chi connectivity index (χ0) is 13.2. The van der Waals surface area contributed by atoms with E-state index in [0.29, 0.717) is 0 Å². The van der Waals surface area contributed by atoms with Crippen LogP contribution in [0.4, 0.5) is 18.9 Å². The van der Waals surface area contributed by atoms with Crippen molar-refractivity contribution in [3.05, 3.63) is 33.9 Å². The highest BCUT2D eigenvalue weighted by Gasteiger charge is 2.40. The molecule has 0 aliphatic carbocycles. The number of ether oxygens (including phenoxy) is 1. The second-order valence-corrected chi connectivity index (χ2v) is 3.20. The molecule has 0 bridgehead atoms. The summed E-state index contributed by atoms with van der Waals surface area (Å²) in [5.74, 6) is -0.138. The van der Waals surface area contributed by atoms with Gasteiger partial charge in [0.25, 0.3) is 5.69 Å². The summed E-state index contributed by atoms with van der Waals surface area (Å²) in [6.45, 7) is 0. The van der Waals surface area contributed by atoms with E-state index >= 15 is 0 Å². The second kappa shape index (κ2) is 4.58. The fourth-order valence-electron chi connectivity index (χ4n) is 1.25. The van der Waals surface area contributed by atoms with Crippen molar-refractivity contribution in [2.75, 3.05) is 7.11 Å². The van der Waals surface area contributed by atoms with Gasteiger partial charge in [-0.05, 0) is 6.07 Å². The monoisotopic (exact) mass is 250 g/mol. The van der Waals surface area contributed by atoms with Crippen LogP contribution in [0.15, 0.2) is 18.2 Å². The topological polar surface area (TPSA) is 78.4 Å². The Kier molecular flexibility index (Phi) is 3.56. The van der Waals surface area contributed by atoms with Crippen molar-refractivity contribution in [3.63, 3.8) is 0 Å². The molecule has 1 rings (SSSR count). The molecule has 0 aromatic heterocycles. The molecule has 2 N–H and O–H groups in total. The number of hydrogen-bond donors (Lipinski definition) is 1. The standard InChI is InChI=1S/C9H9F3N2O3/c1-17-7-3-2-5(14(15)16)4-6(7)8(13)9(10,11)12/h2-4,8H,13H2,1H3. The average molecular weight is 250 g/mol. The summed E-state index contributed by atoms with van der Waals surface area (Å²) < 4.78 is 42.0. The average Bonchev–Trinajstić information content (AvgIpc) is 2.25. The summed E-state index contributed by atoms with van der Waals surface area (Å²) in [5.41, 5.74) is 4.05. The van der Waals surface area contributed by atoms with Gasteiger partial charge in [0.05, 0.1) is 12.0 Å². The van der Waals surface area contributed by atoms with Gasteiger partial charge < -0.3 is 10.5 Å². The van der Waals surface area contributed by atoms with Crippen LogP contribution >= 0.6 is 0 Å². The molecule has 0 saturated carbocycles. The van der Waals surface area contributed by atoms with Crippen molar-refractivity contribution in [1.82, 2.24) is 0 Å². The van der Waals surface area contributed by atoms with E-state index in [1.54, 1.807) is 0 Å². The lowest BCUT2D eigenvalue weighted by atomic mass is 10.1. The van der Waals surface area contributed by atoms with Crippen molar-refractivity contribution in [1.29, 1.82) is 0 Å². The number of non-ortho nitro benzene ring substituents is 1. The maximum absolute atomic E-state index is 12.4. The van der Waals surface area contributed by atoms with Gasteiger partial charge in [0.15, 0.2) is 0 Å². The van der Waals surface area contributed by atoms with Crippen LogP contribution in [0.1, 0.15) is 11.6 Å². The summed E-state index contributed by atoms with van der Waals surface area (Å²) in [6.07, 6.45) is -4.69. The fourth-order valence-corrected chi connectivity index (χ4v) is 1.25. The summed E-state index contributed by atoms with van der Waals surface area (Å²) in [5, 5.41) is 10.5. The van der Waals surface area contributed by atoms with Crippen LogP contribution in [0.2, 0.25) is 0 Å². The predicted octanol–water partition coefficient (Wildman–Crippen LogP) is 2.17. The first kappa shape index (κ1) is 13.2. The number of benzene rings is 1. The Balaban J connectivity index is 3.28. The molecule has 0 spiro atoms. The molecular formula is C9H9F3N2O3. The van der Waals surface area contributed by atoms with Crippen LogP contribution in [0.5, 0.6) is 5.75 Å². The summed E-state index contributed by atoms with van der Waals surface area (Å²) in [4.78, 5) is 9.67. The Bertz CT molecular complexity index is 434. The maximum Gasteiger partial charge on any atom is 0.407 e. The molecule has 1 unspecified atom stereocenters. The smallest absolute Gasteiger partial charge is 0.407 e. The second-order valence-electron chi connectivity index (χ2n) is 3.20. The van der Waals surface area contributed by atoms with E-state index < -0.39 is 28.4 Å². The molecule has 1 aromatic rings. The first-order valence-corrected chi connectivity index (χ1v) is 4.42. The molecule has 0 saturated heterocycles. The molecule has 1 aromatic carbocycles. The van der Waals surface area contributed by atoms with E-state index in [9.17, 15) is 23.3 Å². The van der Waals surface area contributed by atoms with Gasteiger partial charge >= 0.3 is 6.18 Å². The highest BCUT2D eigenvalue weighted by atomic mass is 19.4. The molecule has 0 fully saturated rings. The lowest BCUT2D eigenvalue weighted by molar-refractivity contribution is -0.385. The van der Waals surface area contributed by atoms with Crippen LogP contribution in [-0.2, 0) is 0 Å². The molecule has 94 valence electrons. The van der Waals surface area contributed by atoms with E-state index in [-0.39, 0.29) is 5.75 Å². The van der Waals surface area contributed by atoms with Crippen molar-refractivity contribution in [3.8, 4) is 5.75 Å². The van der Waals surface area contributed by atoms with Gasteiger partial charge in [0.1, 0.15) is 11.8 Å². The predicted molar refractivity (Wildman–Crippen MR) is 52.6 cm³/mol. The number of nitrogens with two attached hydrogens (primary N) is 1. The molecule has 0 aliphatic rings. The number of hydrogen-bond acceptors (Lipinski definition) is 4. The molecule has 0 amide bonds. The van der Waals surface area contributed by atoms with Crippen LogP contribution in [0.3, 0.4) is 0 Å². The van der Waals surface area contributed by atoms with E-state index in [4.69, 9.17) is 10.5 Å². The lowest BCUT2D eigenvalue weighted by Crippen LogP contribution is -2.28. The fraction of sp³-hybridized carbons (Fsp3) is 0.333. The molecule has 8 heteroatoms. The van der Waals surface area contributed by atoms with E-state index in [1.807, 2.05) is 0 Å². The molecule has 0 aliphatic heterocycles. The minimum absolute atomic E-state index is 0.138. The summed E-state index contributed by atoms with van der Waals surface area (Å²) in [7, 11) is 1.16. The number of methoxy groups -OCH3 is 1. The SMILES string of the molecule is COc1ccc([N+](=O)[O-])cc1C(N)C(F)(F)F. The Hall–Kier alpha value is -1.83. The summed E-state index contributed by atoms with van der Waals surface area (Å²) >= 11 is 0. The molecule has 1 atom stereocenters. The van der Waals surface area contributed by atoms with Crippen molar-refractivity contribution < 1.29 is 22.8 Å². The van der Waals surface area contributed by atoms with Gasteiger partial charge in [-0.1, -0.05) is 0 Å². The quantitative estimate of drug-likeness (QED) is 0.658. The number of alkyl halides is 3. The molecule has 0 radical (unpaired) electrons. The Morgan fingerprint density at radius 1 is 1.47 bits per heavy atom. The van der Waals surface area contributed by atoms with E-state index in [2.05, 4.69) is 0 Å². The minimum atomic E-state index is -4.69. The highest BCUT2D eigenvalue weighted by molar-refractivity contribution is 5.45. The first-order chi connectivity index (χ1) is 7.77. The van der Waals surface area contributed by atoms with Crippen molar-refractivity contribution >= 4 is 5.69 Å². The zero-order valence-electron chi connectivity index (χ0n) is 8.69. The van der Waals surface area contributed by atoms with Crippen molar-refractivity contribution in [2.24, 2.45) is 5.73 Å². The van der Waals surface area contributed by atoms with Gasteiger partial charge in [0.2, 0.25) is 0 Å². The number of rotatable bonds is 3. The largest absolute Gasteiger partial charge is 0.496 e. The van der Waals surface area contributed by atoms with Crippen molar-refractivity contribution in [2.45, 2.75) is 12.2 Å². The number of halogens is 3. The van der Waals surface area contributed by atoms with Crippen LogP contribution < -0.4 is 10.5 Å². The third-order valence-electron chi connectivity index (χ3n) is 2.11. The Labute approximate surface area is 94.1 Å². The van der Waals surface area contributed by atoms with Gasteiger partial charge in [-0.2, -0.15) is 13.2 Å². The highest BCUT2D eigenvalue weighted by Crippen LogP contribution is 2.37. The maximum atomic E-state index is 12.4. The van der Waals surface area contributed by atoms with E-state index in [1.165, 1.54) is 0 Å². The Morgan fingerprint density at radius 2 is 2.06 bits per heavy atom. The van der Waals surface area contributed by atoms with Crippen LogP contribution in [0.25, 0.3) is 0 Å². The molecule has 5 nitrogen and oxygen atoms in total. The number of nitro groups is 1. The van der Waals surface area contributed by atoms with Crippen LogP contribution in [0, 0.1) is 10.1 Å². The Morgan fingerprint density at radius 3 is 2.47 bits per heavy atom. The lowest BCUT2D eigenvalue weighted by Gasteiger charge is -2.18. The summed E-state index contributed by atoms with van der Waals surface area (Å²) in [6, 6.07) is 0.568. The zero-order valence-corrected chi connectivity index (χ0v) is 8.69. The van der Waals surface area contributed by atoms with E-state index in [0.717, 1.165) is 25.3 Å². The minimum Gasteiger partial charge on any atom is -0.496 e. The third kappa shape index (κ3) is 2.84. The third-order valence-corrected chi connectivity index (χ3v) is 2.11.